The molecule has 2 fully saturated rings. The third-order valence-electron chi connectivity index (χ3n) is 4.87. The Morgan fingerprint density at radius 3 is 2.97 bits per heavy atom. The van der Waals surface area contributed by atoms with Crippen molar-refractivity contribution in [2.24, 2.45) is 11.6 Å². The molecule has 2 aromatic rings. The highest BCUT2D eigenvalue weighted by Crippen LogP contribution is 2.40. The van der Waals surface area contributed by atoms with Gasteiger partial charge in [0.05, 0.1) is 16.8 Å². The molecule has 0 spiro atoms. The smallest absolute Gasteiger partial charge is 0.154 e. The van der Waals surface area contributed by atoms with E-state index in [0.29, 0.717) is 32.6 Å². The number of hydrogen-bond donors (Lipinski definition) is 2. The number of fused-ring (bicyclic) bond motifs is 1. The molecule has 164 valence electrons. The molecule has 0 aliphatic carbocycles. The molecule has 13 heteroatoms. The van der Waals surface area contributed by atoms with Gasteiger partial charge in [0.15, 0.2) is 5.69 Å². The lowest BCUT2D eigenvalue weighted by Crippen LogP contribution is -2.70. The van der Waals surface area contributed by atoms with Crippen molar-refractivity contribution < 1.29 is 14.2 Å². The summed E-state index contributed by atoms with van der Waals surface area (Å²) in [6.07, 6.45) is 2.42. The fourth-order valence-electron chi connectivity index (χ4n) is 3.39. The van der Waals surface area contributed by atoms with Crippen LogP contribution < -0.4 is 11.6 Å². The number of halogens is 2. The first-order valence-electron chi connectivity index (χ1n) is 9.05. The van der Waals surface area contributed by atoms with Crippen LogP contribution in [0.25, 0.3) is 5.70 Å². The molecule has 4 rings (SSSR count). The minimum absolute atomic E-state index is 0.126. The average Bonchev–Trinajstić information content (AvgIpc) is 3.16. The first-order valence-corrected chi connectivity index (χ1v) is 12.0. The van der Waals surface area contributed by atoms with Gasteiger partial charge in [-0.25, -0.2) is 15.8 Å². The van der Waals surface area contributed by atoms with Crippen LogP contribution in [0.5, 0.6) is 0 Å². The second-order valence-corrected chi connectivity index (χ2v) is 10.0. The Morgan fingerprint density at radius 2 is 2.39 bits per heavy atom. The van der Waals surface area contributed by atoms with E-state index in [4.69, 9.17) is 42.6 Å². The van der Waals surface area contributed by atoms with Crippen molar-refractivity contribution in [2.75, 3.05) is 13.7 Å². The van der Waals surface area contributed by atoms with Gasteiger partial charge in [-0.2, -0.15) is 5.26 Å². The molecule has 0 amide bonds. The molecule has 2 aliphatic rings. The first kappa shape index (κ1) is 22.8. The van der Waals surface area contributed by atoms with Crippen LogP contribution in [0.4, 0.5) is 0 Å². The number of nitriles is 1. The molecule has 4 N–H and O–H groups in total. The molecule has 5 unspecified atom stereocenters. The molecule has 0 aromatic carbocycles. The van der Waals surface area contributed by atoms with E-state index < -0.39 is 6.10 Å². The summed E-state index contributed by atoms with van der Waals surface area (Å²) in [6.45, 7) is 0.471. The lowest BCUT2D eigenvalue weighted by Gasteiger charge is -2.53. The van der Waals surface area contributed by atoms with Crippen LogP contribution in [-0.4, -0.2) is 58.5 Å². The Labute approximate surface area is 200 Å². The van der Waals surface area contributed by atoms with Crippen molar-refractivity contribution in [1.29, 1.82) is 5.26 Å². The Balaban J connectivity index is 1.57. The topological polar surface area (TPSA) is 133 Å². The SMILES string of the molecule is COC1C(Sc2cnc(C#N)c(Br)c2)OC2COC2C1N(N)/C=C(\N)c1nc(Cl)cs1. The van der Waals surface area contributed by atoms with Crippen LogP contribution >= 0.6 is 50.6 Å². The van der Waals surface area contributed by atoms with Crippen LogP contribution in [0, 0.1) is 11.3 Å². The van der Waals surface area contributed by atoms with Gasteiger partial charge >= 0.3 is 0 Å². The number of ether oxygens (including phenoxy) is 3. The first-order chi connectivity index (χ1) is 14.9. The maximum Gasteiger partial charge on any atom is 0.154 e. The summed E-state index contributed by atoms with van der Waals surface area (Å²) < 4.78 is 18.4. The lowest BCUT2D eigenvalue weighted by molar-refractivity contribution is -0.272. The Hall–Kier alpha value is -1.43. The zero-order valence-corrected chi connectivity index (χ0v) is 20.1. The van der Waals surface area contributed by atoms with Gasteiger partial charge in [-0.3, -0.25) is 0 Å². The van der Waals surface area contributed by atoms with Gasteiger partial charge < -0.3 is 25.0 Å². The fourth-order valence-corrected chi connectivity index (χ4v) is 6.02. The second kappa shape index (κ2) is 9.60. The maximum atomic E-state index is 9.08. The number of methoxy groups -OCH3 is 1. The number of nitrogens with zero attached hydrogens (tertiary/aromatic N) is 4. The van der Waals surface area contributed by atoms with Gasteiger partial charge in [0.2, 0.25) is 0 Å². The van der Waals surface area contributed by atoms with E-state index in [9.17, 15) is 0 Å². The second-order valence-electron chi connectivity index (χ2n) is 6.77. The van der Waals surface area contributed by atoms with Crippen LogP contribution in [0.15, 0.2) is 33.2 Å². The number of pyridine rings is 1. The summed E-state index contributed by atoms with van der Waals surface area (Å²) in [6, 6.07) is 3.51. The largest absolute Gasteiger partial charge is 0.395 e. The van der Waals surface area contributed by atoms with Crippen molar-refractivity contribution in [2.45, 2.75) is 34.7 Å². The Kier molecular flexibility index (Phi) is 7.04. The zero-order chi connectivity index (χ0) is 22.1. The minimum Gasteiger partial charge on any atom is -0.395 e. The molecule has 2 aliphatic heterocycles. The van der Waals surface area contributed by atoms with Crippen molar-refractivity contribution >= 4 is 56.3 Å². The third-order valence-corrected chi connectivity index (χ3v) is 7.80. The molecular formula is C18H18BrClN6O3S2. The van der Waals surface area contributed by atoms with Crippen LogP contribution in [0.1, 0.15) is 10.7 Å². The van der Waals surface area contributed by atoms with Gasteiger partial charge in [-0.15, -0.1) is 11.3 Å². The molecule has 4 heterocycles. The molecule has 2 aromatic heterocycles. The Bertz CT molecular complexity index is 1030. The number of nitrogens with two attached hydrogens (primary N) is 2. The van der Waals surface area contributed by atoms with E-state index in [-0.39, 0.29) is 23.7 Å². The molecule has 0 saturated carbocycles. The summed E-state index contributed by atoms with van der Waals surface area (Å²) in [5, 5.41) is 13.2. The number of aromatic nitrogens is 2. The predicted octanol–water partition coefficient (Wildman–Crippen LogP) is 2.56. The highest BCUT2D eigenvalue weighted by atomic mass is 79.9. The van der Waals surface area contributed by atoms with Gasteiger partial charge in [-0.05, 0) is 22.0 Å². The maximum absolute atomic E-state index is 9.08. The molecule has 0 bridgehead atoms. The lowest BCUT2D eigenvalue weighted by atomic mass is 9.93. The molecule has 5 atom stereocenters. The van der Waals surface area contributed by atoms with E-state index in [1.54, 1.807) is 24.9 Å². The van der Waals surface area contributed by atoms with Crippen LogP contribution in [-0.2, 0) is 14.2 Å². The number of hydrazine groups is 1. The highest BCUT2D eigenvalue weighted by Gasteiger charge is 2.53. The zero-order valence-electron chi connectivity index (χ0n) is 16.1. The summed E-state index contributed by atoms with van der Waals surface area (Å²) in [7, 11) is 1.60. The highest BCUT2D eigenvalue weighted by molar-refractivity contribution is 9.10. The predicted molar refractivity (Wildman–Crippen MR) is 121 cm³/mol. The standard InChI is InChI=1S/C18H18BrClN6O3S2/c1-27-16-14(26(23)5-10(22)17-25-13(20)7-30-17)15-12(6-28-15)29-18(16)31-8-2-9(19)11(3-21)24-4-8/h2,4-5,7,12,14-16,18H,6,22-23H2,1H3/b10-5-. The van der Waals surface area contributed by atoms with Gasteiger partial charge in [0.25, 0.3) is 0 Å². The minimum atomic E-state index is -0.435. The Morgan fingerprint density at radius 1 is 1.58 bits per heavy atom. The third kappa shape index (κ3) is 4.69. The van der Waals surface area contributed by atoms with E-state index in [0.717, 1.165) is 4.90 Å². The van der Waals surface area contributed by atoms with Gasteiger partial charge in [0, 0.05) is 29.8 Å². The van der Waals surface area contributed by atoms with Crippen molar-refractivity contribution in [3.63, 3.8) is 0 Å². The normalized spacial score (nSPS) is 27.8. The van der Waals surface area contributed by atoms with Crippen LogP contribution in [0.2, 0.25) is 5.15 Å². The number of hydrogen-bond acceptors (Lipinski definition) is 11. The van der Waals surface area contributed by atoms with Crippen LogP contribution in [0.3, 0.4) is 0 Å². The summed E-state index contributed by atoms with van der Waals surface area (Å²) >= 11 is 12.0. The monoisotopic (exact) mass is 544 g/mol. The van der Waals surface area contributed by atoms with E-state index in [2.05, 4.69) is 25.9 Å². The summed E-state index contributed by atoms with van der Waals surface area (Å²) in [5.74, 6) is 6.40. The average molecular weight is 546 g/mol. The number of rotatable bonds is 6. The molecule has 0 radical (unpaired) electrons. The summed E-state index contributed by atoms with van der Waals surface area (Å²) in [5.41, 5.74) is 6.50. The van der Waals surface area contributed by atoms with Crippen molar-refractivity contribution in [3.8, 4) is 6.07 Å². The van der Waals surface area contributed by atoms with Crippen molar-refractivity contribution in [3.05, 3.63) is 44.2 Å². The molecule has 31 heavy (non-hydrogen) atoms. The quantitative estimate of drug-likeness (QED) is 0.412. The molecule has 2 saturated heterocycles. The van der Waals surface area contributed by atoms with Gasteiger partial charge in [0.1, 0.15) is 46.0 Å². The number of thiazole rings is 1. The van der Waals surface area contributed by atoms with Crippen molar-refractivity contribution in [1.82, 2.24) is 15.0 Å². The molecule has 9 nitrogen and oxygen atoms in total. The number of thioether (sulfide) groups is 1. The van der Waals surface area contributed by atoms with E-state index in [1.807, 2.05) is 12.1 Å². The summed E-state index contributed by atoms with van der Waals surface area (Å²) in [4.78, 5) is 9.16. The molecular weight excluding hydrogens is 528 g/mol. The van der Waals surface area contributed by atoms with E-state index in [1.165, 1.54) is 28.1 Å². The van der Waals surface area contributed by atoms with Gasteiger partial charge in [-0.1, -0.05) is 23.4 Å². The van der Waals surface area contributed by atoms with E-state index >= 15 is 0 Å². The fraction of sp³-hybridized carbons (Fsp3) is 0.389.